The Morgan fingerprint density at radius 3 is 2.63 bits per heavy atom. The first-order valence-electron chi connectivity index (χ1n) is 15.1. The molecule has 4 aliphatic rings. The van der Waals surface area contributed by atoms with Crippen LogP contribution in [0.4, 0.5) is 4.39 Å². The van der Waals surface area contributed by atoms with Crippen LogP contribution in [0.15, 0.2) is 4.99 Å². The molecule has 7 atom stereocenters. The molecular formula is C28H52FN7O2. The average molecular weight is 538 g/mol. The molecular weight excluding hydrogens is 485 g/mol. The van der Waals surface area contributed by atoms with Crippen molar-refractivity contribution in [1.29, 1.82) is 0 Å². The van der Waals surface area contributed by atoms with Gasteiger partial charge in [0.05, 0.1) is 30.8 Å². The van der Waals surface area contributed by atoms with E-state index >= 15 is 0 Å². The predicted molar refractivity (Wildman–Crippen MR) is 150 cm³/mol. The Kier molecular flexibility index (Phi) is 10.9. The van der Waals surface area contributed by atoms with E-state index in [1.54, 1.807) is 0 Å². The summed E-state index contributed by atoms with van der Waals surface area (Å²) in [5.41, 5.74) is 12.5. The third-order valence-corrected chi connectivity index (χ3v) is 9.71. The van der Waals surface area contributed by atoms with Crippen molar-refractivity contribution in [1.82, 2.24) is 20.4 Å². The first-order valence-corrected chi connectivity index (χ1v) is 15.1. The van der Waals surface area contributed by atoms with Crippen molar-refractivity contribution in [2.45, 2.75) is 102 Å². The fourth-order valence-corrected chi connectivity index (χ4v) is 7.35. The molecule has 0 aromatic rings. The van der Waals surface area contributed by atoms with Gasteiger partial charge >= 0.3 is 0 Å². The van der Waals surface area contributed by atoms with E-state index in [0.717, 1.165) is 91.0 Å². The van der Waals surface area contributed by atoms with Crippen LogP contribution in [0.2, 0.25) is 0 Å². The molecule has 4 rings (SSSR count). The van der Waals surface area contributed by atoms with Crippen LogP contribution in [0.3, 0.4) is 0 Å². The Morgan fingerprint density at radius 2 is 1.97 bits per heavy atom. The zero-order valence-corrected chi connectivity index (χ0v) is 23.6. The van der Waals surface area contributed by atoms with Crippen molar-refractivity contribution in [3.63, 3.8) is 0 Å². The molecule has 1 amide bonds. The third kappa shape index (κ3) is 7.31. The highest BCUT2D eigenvalue weighted by Gasteiger charge is 2.42. The number of hydrogen-bond acceptors (Lipinski definition) is 8. The number of piperidine rings is 1. The highest BCUT2D eigenvalue weighted by atomic mass is 19.1. The van der Waals surface area contributed by atoms with E-state index in [1.807, 2.05) is 0 Å². The van der Waals surface area contributed by atoms with Crippen LogP contribution in [-0.2, 0) is 9.53 Å². The maximum absolute atomic E-state index is 14.6. The molecule has 218 valence electrons. The molecule has 0 aromatic heterocycles. The van der Waals surface area contributed by atoms with Crippen molar-refractivity contribution in [3.05, 3.63) is 0 Å². The minimum absolute atomic E-state index is 0.0307. The molecule has 3 saturated heterocycles. The fourth-order valence-electron chi connectivity index (χ4n) is 7.35. The summed E-state index contributed by atoms with van der Waals surface area (Å²) in [6.07, 6.45) is 6.46. The van der Waals surface area contributed by atoms with E-state index in [2.05, 4.69) is 39.3 Å². The summed E-state index contributed by atoms with van der Waals surface area (Å²) in [5.74, 6) is -0.846. The van der Waals surface area contributed by atoms with Gasteiger partial charge in [0, 0.05) is 57.6 Å². The van der Waals surface area contributed by atoms with Crippen molar-refractivity contribution >= 4 is 12.1 Å². The van der Waals surface area contributed by atoms with E-state index in [0.29, 0.717) is 18.9 Å². The minimum atomic E-state index is -1.10. The number of aliphatic imine (C=N–C) groups is 1. The number of carbonyl (C=O) groups is 1. The summed E-state index contributed by atoms with van der Waals surface area (Å²) in [6.45, 7) is 11.8. The molecule has 3 fully saturated rings. The smallest absolute Gasteiger partial charge is 0.228 e. The summed E-state index contributed by atoms with van der Waals surface area (Å²) in [5, 5.41) is 6.80. The number of amides is 1. The van der Waals surface area contributed by atoms with Gasteiger partial charge in [0.2, 0.25) is 5.91 Å². The van der Waals surface area contributed by atoms with E-state index in [-0.39, 0.29) is 23.4 Å². The van der Waals surface area contributed by atoms with Crippen LogP contribution in [0.1, 0.15) is 65.2 Å². The summed E-state index contributed by atoms with van der Waals surface area (Å²) in [4.78, 5) is 23.6. The van der Waals surface area contributed by atoms with Crippen molar-refractivity contribution in [2.24, 2.45) is 27.8 Å². The van der Waals surface area contributed by atoms with E-state index in [4.69, 9.17) is 16.2 Å². The van der Waals surface area contributed by atoms with Gasteiger partial charge in [0.15, 0.2) is 0 Å². The molecule has 0 saturated carbocycles. The number of piperazine rings is 1. The third-order valence-electron chi connectivity index (χ3n) is 9.71. The number of nitrogens with two attached hydrogens (primary N) is 2. The Balaban J connectivity index is 1.44. The van der Waals surface area contributed by atoms with Gasteiger partial charge in [0.25, 0.3) is 0 Å². The van der Waals surface area contributed by atoms with Gasteiger partial charge in [-0.15, -0.1) is 0 Å². The number of alkyl halides is 1. The minimum Gasteiger partial charge on any atom is -0.380 e. The highest BCUT2D eigenvalue weighted by molar-refractivity contribution is 5.81. The second kappa shape index (κ2) is 13.9. The monoisotopic (exact) mass is 537 g/mol. The van der Waals surface area contributed by atoms with E-state index in [1.165, 1.54) is 6.21 Å². The zero-order valence-electron chi connectivity index (χ0n) is 23.6. The van der Waals surface area contributed by atoms with Gasteiger partial charge in [-0.2, -0.15) is 0 Å². The number of rotatable bonds is 9. The molecule has 0 aromatic carbocycles. The van der Waals surface area contributed by atoms with Crippen molar-refractivity contribution < 1.29 is 13.9 Å². The van der Waals surface area contributed by atoms with Gasteiger partial charge < -0.3 is 26.8 Å². The fraction of sp³-hybridized carbons (Fsp3) is 0.929. The Bertz CT molecular complexity index is 772. The number of ether oxygens (including phenoxy) is 1. The molecule has 10 heteroatoms. The Labute approximate surface area is 228 Å². The van der Waals surface area contributed by atoms with Gasteiger partial charge in [-0.1, -0.05) is 26.7 Å². The van der Waals surface area contributed by atoms with Crippen molar-refractivity contribution in [3.8, 4) is 0 Å². The normalized spacial score (nSPS) is 37.5. The summed E-state index contributed by atoms with van der Waals surface area (Å²) in [7, 11) is 0. The maximum Gasteiger partial charge on any atom is 0.228 e. The molecule has 0 bridgehead atoms. The molecule has 38 heavy (non-hydrogen) atoms. The lowest BCUT2D eigenvalue weighted by Gasteiger charge is -2.46. The first-order chi connectivity index (χ1) is 18.4. The molecule has 0 spiro atoms. The number of nitrogens with one attached hydrogen (secondary N) is 2. The van der Waals surface area contributed by atoms with Gasteiger partial charge in [0.1, 0.15) is 6.17 Å². The topological polar surface area (TPSA) is 121 Å². The molecule has 6 N–H and O–H groups in total. The summed E-state index contributed by atoms with van der Waals surface area (Å²) >= 11 is 0. The van der Waals surface area contributed by atoms with Crippen molar-refractivity contribution in [2.75, 3.05) is 52.5 Å². The second-order valence-electron chi connectivity index (χ2n) is 12.1. The van der Waals surface area contributed by atoms with Gasteiger partial charge in [-0.25, -0.2) is 4.39 Å². The quantitative estimate of drug-likeness (QED) is 0.327. The Hall–Kier alpha value is -1.17. The summed E-state index contributed by atoms with van der Waals surface area (Å²) < 4.78 is 20.2. The molecule has 4 aliphatic heterocycles. The van der Waals surface area contributed by atoms with Crippen LogP contribution in [0.5, 0.6) is 0 Å². The Morgan fingerprint density at radius 1 is 1.21 bits per heavy atom. The van der Waals surface area contributed by atoms with E-state index in [9.17, 15) is 9.18 Å². The first kappa shape index (κ1) is 29.8. The maximum atomic E-state index is 14.6. The lowest BCUT2D eigenvalue weighted by Crippen LogP contribution is -2.65. The number of hydrogen-bond donors (Lipinski definition) is 4. The average Bonchev–Trinajstić information content (AvgIpc) is 3.45. The standard InChI is InChI=1S/C28H52FN7O2/c1-3-8-28(4-2)9-5-20(29)17-33-22(16-28)25(26(30)31)27(37)34-23-18-32-10-6-24(23)36-13-11-35(12-14-36)21-7-15-38-19-21/h17,20-26,32H,3-16,18-19,30-31H2,1-2H3,(H,34,37)/b33-17-. The number of nitrogens with zero attached hydrogens (tertiary/aromatic N) is 3. The van der Waals surface area contributed by atoms with E-state index < -0.39 is 24.3 Å². The number of halogens is 1. The lowest BCUT2D eigenvalue weighted by atomic mass is 9.69. The van der Waals surface area contributed by atoms with Crippen LogP contribution >= 0.6 is 0 Å². The van der Waals surface area contributed by atoms with Gasteiger partial charge in [-0.3, -0.25) is 19.6 Å². The van der Waals surface area contributed by atoms with Crippen LogP contribution in [0, 0.1) is 11.3 Å². The van der Waals surface area contributed by atoms with Crippen LogP contribution in [-0.4, -0.2) is 111 Å². The molecule has 4 heterocycles. The highest BCUT2D eigenvalue weighted by Crippen LogP contribution is 2.42. The lowest BCUT2D eigenvalue weighted by molar-refractivity contribution is -0.128. The molecule has 0 radical (unpaired) electrons. The second-order valence-corrected chi connectivity index (χ2v) is 12.1. The predicted octanol–water partition coefficient (Wildman–Crippen LogP) is 1.26. The number of carbonyl (C=O) groups excluding carboxylic acids is 1. The van der Waals surface area contributed by atoms with Gasteiger partial charge in [-0.05, 0) is 50.5 Å². The largest absolute Gasteiger partial charge is 0.380 e. The summed E-state index contributed by atoms with van der Waals surface area (Å²) in [6, 6.07) is 0.357. The van der Waals surface area contributed by atoms with Crippen LogP contribution < -0.4 is 22.1 Å². The molecule has 9 nitrogen and oxygen atoms in total. The zero-order chi connectivity index (χ0) is 27.1. The SMILES string of the molecule is CCCC1(CC)CCC(F)/C=N\C(C(C(=O)NC2CNCCC2N2CCN(C3CCOC3)CC2)C(N)N)C1. The van der Waals surface area contributed by atoms with Crippen LogP contribution in [0.25, 0.3) is 0 Å². The molecule has 0 aliphatic carbocycles. The molecule has 7 unspecified atom stereocenters.